The summed E-state index contributed by atoms with van der Waals surface area (Å²) in [5.41, 5.74) is 10.2. The van der Waals surface area contributed by atoms with Crippen molar-refractivity contribution in [2.45, 2.75) is 0 Å². The van der Waals surface area contributed by atoms with Crippen LogP contribution >= 0.6 is 0 Å². The van der Waals surface area contributed by atoms with E-state index in [1.807, 2.05) is 0 Å². The molecule has 54 heavy (non-hydrogen) atoms. The fraction of sp³-hybridized carbons (Fsp3) is 0. The highest BCUT2D eigenvalue weighted by molar-refractivity contribution is 6.27. The highest BCUT2D eigenvalue weighted by Crippen LogP contribution is 2.48. The minimum atomic E-state index is 1.24. The molecule has 0 aliphatic rings. The third-order valence-corrected chi connectivity index (χ3v) is 11.4. The Labute approximate surface area is 314 Å². The van der Waals surface area contributed by atoms with Gasteiger partial charge in [0, 0.05) is 0 Å². The van der Waals surface area contributed by atoms with Crippen LogP contribution in [0.5, 0.6) is 0 Å². The van der Waals surface area contributed by atoms with Crippen molar-refractivity contribution in [3.05, 3.63) is 206 Å². The van der Waals surface area contributed by atoms with E-state index in [9.17, 15) is 0 Å². The number of hydrogen-bond donors (Lipinski definition) is 0. The third-order valence-electron chi connectivity index (χ3n) is 11.4. The van der Waals surface area contributed by atoms with Crippen molar-refractivity contribution in [3.63, 3.8) is 0 Å². The van der Waals surface area contributed by atoms with Gasteiger partial charge in [-0.1, -0.05) is 206 Å². The predicted octanol–water partition coefficient (Wildman–Crippen LogP) is 15.3. The summed E-state index contributed by atoms with van der Waals surface area (Å²) < 4.78 is 0. The van der Waals surface area contributed by atoms with Crippen molar-refractivity contribution >= 4 is 64.6 Å². The Morgan fingerprint density at radius 3 is 0.722 bits per heavy atom. The molecule has 0 bridgehead atoms. The molecule has 0 saturated heterocycles. The second kappa shape index (κ2) is 12.3. The molecule has 0 N–H and O–H groups in total. The number of benzene rings is 11. The van der Waals surface area contributed by atoms with Crippen molar-refractivity contribution in [2.24, 2.45) is 0 Å². The molecular formula is C54H34. The van der Waals surface area contributed by atoms with Crippen LogP contribution in [0.2, 0.25) is 0 Å². The number of rotatable bonds is 4. The first-order valence-electron chi connectivity index (χ1n) is 18.8. The maximum absolute atomic E-state index is 2.37. The average Bonchev–Trinajstić information content (AvgIpc) is 3.25. The Bertz CT molecular complexity index is 2910. The highest BCUT2D eigenvalue weighted by atomic mass is 14.2. The number of hydrogen-bond acceptors (Lipinski definition) is 0. The summed E-state index contributed by atoms with van der Waals surface area (Å²) in [6.07, 6.45) is 0. The summed E-state index contributed by atoms with van der Waals surface area (Å²) in [6.45, 7) is 0. The first-order valence-corrected chi connectivity index (χ1v) is 18.8. The lowest BCUT2D eigenvalue weighted by atomic mass is 9.83. The van der Waals surface area contributed by atoms with Gasteiger partial charge in [-0.15, -0.1) is 0 Å². The Morgan fingerprint density at radius 2 is 0.407 bits per heavy atom. The second-order valence-corrected chi connectivity index (χ2v) is 14.3. The summed E-state index contributed by atoms with van der Waals surface area (Å²) in [5, 5.41) is 15.2. The van der Waals surface area contributed by atoms with Crippen LogP contribution in [0.25, 0.3) is 109 Å². The molecule has 0 radical (unpaired) electrons. The normalized spacial score (nSPS) is 11.7. The van der Waals surface area contributed by atoms with Crippen molar-refractivity contribution < 1.29 is 0 Å². The van der Waals surface area contributed by atoms with Crippen molar-refractivity contribution in [1.82, 2.24) is 0 Å². The molecule has 0 heteroatoms. The van der Waals surface area contributed by atoms with Gasteiger partial charge in [0.05, 0.1) is 0 Å². The van der Waals surface area contributed by atoms with Crippen LogP contribution in [-0.4, -0.2) is 0 Å². The van der Waals surface area contributed by atoms with Crippen LogP contribution in [0, 0.1) is 0 Å². The summed E-state index contributed by atoms with van der Waals surface area (Å²) in [5.74, 6) is 0. The van der Waals surface area contributed by atoms with Crippen LogP contribution in [0.4, 0.5) is 0 Å². The Morgan fingerprint density at radius 1 is 0.148 bits per heavy atom. The first kappa shape index (κ1) is 30.6. The van der Waals surface area contributed by atoms with E-state index in [2.05, 4.69) is 206 Å². The van der Waals surface area contributed by atoms with E-state index in [1.165, 1.54) is 109 Å². The van der Waals surface area contributed by atoms with E-state index in [1.54, 1.807) is 0 Å². The molecule has 0 atom stereocenters. The molecule has 11 aromatic rings. The number of fused-ring (bicyclic) bond motifs is 7. The van der Waals surface area contributed by atoms with Crippen molar-refractivity contribution in [3.8, 4) is 44.5 Å². The third kappa shape index (κ3) is 4.57. The van der Waals surface area contributed by atoms with Crippen LogP contribution in [0.15, 0.2) is 206 Å². The molecule has 0 fully saturated rings. The zero-order valence-electron chi connectivity index (χ0n) is 29.6. The molecule has 11 aromatic carbocycles. The minimum Gasteiger partial charge on any atom is -0.0622 e. The zero-order chi connectivity index (χ0) is 35.6. The summed E-state index contributed by atoms with van der Waals surface area (Å²) in [6, 6.07) is 75.9. The Kier molecular flexibility index (Phi) is 6.97. The van der Waals surface area contributed by atoms with Gasteiger partial charge < -0.3 is 0 Å². The summed E-state index contributed by atoms with van der Waals surface area (Å²) >= 11 is 0. The standard InChI is InChI=1S/C54H34/c1-3-17-35(18-4-1)51-43-21-7-11-25-47(43)53(48-26-12-8-22-44(48)51)41-31-15-29-37-38-30-16-32-42(40(38)34-33-39(37)41)54-49-27-13-9-23-45(49)52(36-19-5-2-6-20-36)46-24-10-14-28-50(46)54/h1-34H. The average molecular weight is 683 g/mol. The maximum Gasteiger partial charge on any atom is -0.00201 e. The van der Waals surface area contributed by atoms with E-state index in [0.29, 0.717) is 0 Å². The van der Waals surface area contributed by atoms with Gasteiger partial charge in [0.15, 0.2) is 0 Å². The topological polar surface area (TPSA) is 0 Å². The fourth-order valence-electron chi connectivity index (χ4n) is 9.23. The summed E-state index contributed by atoms with van der Waals surface area (Å²) in [4.78, 5) is 0. The quantitative estimate of drug-likeness (QED) is 0.128. The van der Waals surface area contributed by atoms with E-state index >= 15 is 0 Å². The molecule has 0 saturated carbocycles. The van der Waals surface area contributed by atoms with Gasteiger partial charge in [0.1, 0.15) is 0 Å². The van der Waals surface area contributed by atoms with Crippen molar-refractivity contribution in [2.75, 3.05) is 0 Å². The SMILES string of the molecule is c1ccc(-c2c3ccccc3c(-c3cccc4c3ccc3c(-c5c6ccccc6c(-c6ccccc6)c6ccccc56)cccc34)c3ccccc23)cc1. The maximum atomic E-state index is 2.37. The lowest BCUT2D eigenvalue weighted by Gasteiger charge is -2.20. The highest BCUT2D eigenvalue weighted by Gasteiger charge is 2.21. The van der Waals surface area contributed by atoms with E-state index in [-0.39, 0.29) is 0 Å². The smallest absolute Gasteiger partial charge is 0.00201 e. The Balaban J connectivity index is 1.20. The van der Waals surface area contributed by atoms with Gasteiger partial charge >= 0.3 is 0 Å². The molecule has 250 valence electrons. The second-order valence-electron chi connectivity index (χ2n) is 14.3. The van der Waals surface area contributed by atoms with Gasteiger partial charge in [0.2, 0.25) is 0 Å². The lowest BCUT2D eigenvalue weighted by molar-refractivity contribution is 1.66. The van der Waals surface area contributed by atoms with Crippen molar-refractivity contribution in [1.29, 1.82) is 0 Å². The largest absolute Gasteiger partial charge is 0.0622 e. The van der Waals surface area contributed by atoms with Gasteiger partial charge in [-0.05, 0) is 109 Å². The van der Waals surface area contributed by atoms with E-state index in [4.69, 9.17) is 0 Å². The molecule has 0 spiro atoms. The van der Waals surface area contributed by atoms with E-state index < -0.39 is 0 Å². The van der Waals surface area contributed by atoms with Crippen LogP contribution in [0.1, 0.15) is 0 Å². The monoisotopic (exact) mass is 682 g/mol. The fourth-order valence-corrected chi connectivity index (χ4v) is 9.23. The molecule has 0 nitrogen and oxygen atoms in total. The van der Waals surface area contributed by atoms with Crippen LogP contribution in [0.3, 0.4) is 0 Å². The minimum absolute atomic E-state index is 1.24. The lowest BCUT2D eigenvalue weighted by Crippen LogP contribution is -1.93. The molecular weight excluding hydrogens is 649 g/mol. The molecule has 0 amide bonds. The van der Waals surface area contributed by atoms with E-state index in [0.717, 1.165) is 0 Å². The van der Waals surface area contributed by atoms with Gasteiger partial charge in [-0.2, -0.15) is 0 Å². The molecule has 11 rings (SSSR count). The van der Waals surface area contributed by atoms with Crippen LogP contribution < -0.4 is 0 Å². The predicted molar refractivity (Wildman–Crippen MR) is 233 cm³/mol. The summed E-state index contributed by atoms with van der Waals surface area (Å²) in [7, 11) is 0. The molecule has 0 aromatic heterocycles. The van der Waals surface area contributed by atoms with Gasteiger partial charge in [-0.25, -0.2) is 0 Å². The molecule has 0 aliphatic carbocycles. The zero-order valence-corrected chi connectivity index (χ0v) is 29.6. The van der Waals surface area contributed by atoms with Gasteiger partial charge in [-0.3, -0.25) is 0 Å². The molecule has 0 aliphatic heterocycles. The van der Waals surface area contributed by atoms with Crippen LogP contribution in [-0.2, 0) is 0 Å². The molecule has 0 unspecified atom stereocenters. The first-order chi connectivity index (χ1) is 26.8. The molecule has 0 heterocycles. The Hall–Kier alpha value is -7.02. The van der Waals surface area contributed by atoms with Gasteiger partial charge in [0.25, 0.3) is 0 Å².